The van der Waals surface area contributed by atoms with E-state index >= 15 is 0 Å². The Balaban J connectivity index is 1.64. The molecule has 1 saturated heterocycles. The van der Waals surface area contributed by atoms with Gasteiger partial charge in [0.2, 0.25) is 5.13 Å². The highest BCUT2D eigenvalue weighted by molar-refractivity contribution is 7.09. The van der Waals surface area contributed by atoms with Gasteiger partial charge in [-0.1, -0.05) is 11.6 Å². The zero-order valence-electron chi connectivity index (χ0n) is 10.7. The molecule has 2 aromatic heterocycles. The summed E-state index contributed by atoms with van der Waals surface area (Å²) in [4.78, 5) is 11.2. The van der Waals surface area contributed by atoms with E-state index in [1.807, 2.05) is 19.1 Å². The first kappa shape index (κ1) is 12.8. The van der Waals surface area contributed by atoms with Gasteiger partial charge in [-0.3, -0.25) is 4.98 Å². The maximum absolute atomic E-state index is 5.87. The Hall–Kier alpha value is -1.20. The van der Waals surface area contributed by atoms with Crippen molar-refractivity contribution in [3.63, 3.8) is 0 Å². The predicted molar refractivity (Wildman–Crippen MR) is 78.1 cm³/mol. The number of aromatic nitrogens is 3. The summed E-state index contributed by atoms with van der Waals surface area (Å²) >= 11 is 7.36. The molecule has 2 aromatic rings. The molecule has 1 fully saturated rings. The third-order valence-corrected chi connectivity index (χ3v) is 4.54. The Bertz CT molecular complexity index is 546. The van der Waals surface area contributed by atoms with E-state index in [9.17, 15) is 0 Å². The zero-order chi connectivity index (χ0) is 13.2. The predicted octanol–water partition coefficient (Wildman–Crippen LogP) is 3.28. The van der Waals surface area contributed by atoms with Gasteiger partial charge in [0.1, 0.15) is 5.82 Å². The van der Waals surface area contributed by atoms with Crippen LogP contribution in [-0.4, -0.2) is 27.4 Å². The minimum absolute atomic E-state index is 0.530. The number of pyridine rings is 1. The number of aryl methyl sites for hydroxylation is 1. The third kappa shape index (κ3) is 2.87. The molecular weight excluding hydrogens is 280 g/mol. The van der Waals surface area contributed by atoms with Gasteiger partial charge in [-0.15, -0.1) is 0 Å². The molecule has 0 bridgehead atoms. The Kier molecular flexibility index (Phi) is 3.66. The molecule has 3 rings (SSSR count). The summed E-state index contributed by atoms with van der Waals surface area (Å²) in [6, 6.07) is 3.96. The van der Waals surface area contributed by atoms with Gasteiger partial charge in [0.25, 0.3) is 0 Å². The van der Waals surface area contributed by atoms with Crippen molar-refractivity contribution >= 4 is 28.3 Å². The molecule has 0 amide bonds. The first-order valence-electron chi connectivity index (χ1n) is 6.39. The lowest BCUT2D eigenvalue weighted by Crippen LogP contribution is -2.33. The van der Waals surface area contributed by atoms with Gasteiger partial charge < -0.3 is 4.90 Å². The van der Waals surface area contributed by atoms with E-state index in [1.165, 1.54) is 11.5 Å². The van der Waals surface area contributed by atoms with Crippen LogP contribution in [0.4, 0.5) is 5.13 Å². The van der Waals surface area contributed by atoms with Crippen LogP contribution in [0.5, 0.6) is 0 Å². The first-order chi connectivity index (χ1) is 9.22. The standard InChI is InChI=1S/C13H15ClN4S/c1-9-16-13(19-17-9)18-6-4-10(5-7-18)12-3-2-11(14)8-15-12/h2-3,8,10H,4-7H2,1H3. The number of hydrogen-bond acceptors (Lipinski definition) is 5. The van der Waals surface area contributed by atoms with E-state index in [2.05, 4.69) is 19.2 Å². The van der Waals surface area contributed by atoms with Crippen molar-refractivity contribution in [3.8, 4) is 0 Å². The summed E-state index contributed by atoms with van der Waals surface area (Å²) in [5.41, 5.74) is 1.15. The monoisotopic (exact) mass is 294 g/mol. The van der Waals surface area contributed by atoms with Crippen LogP contribution < -0.4 is 4.90 Å². The molecule has 4 nitrogen and oxygen atoms in total. The summed E-state index contributed by atoms with van der Waals surface area (Å²) in [7, 11) is 0. The second-order valence-electron chi connectivity index (χ2n) is 4.79. The molecule has 0 aliphatic carbocycles. The van der Waals surface area contributed by atoms with Crippen LogP contribution in [0.1, 0.15) is 30.3 Å². The summed E-state index contributed by atoms with van der Waals surface area (Å²) in [5, 5.41) is 1.74. The molecule has 1 aliphatic heterocycles. The van der Waals surface area contributed by atoms with E-state index in [1.54, 1.807) is 6.20 Å². The van der Waals surface area contributed by atoms with Crippen molar-refractivity contribution in [3.05, 3.63) is 34.9 Å². The van der Waals surface area contributed by atoms with E-state index in [-0.39, 0.29) is 0 Å². The smallest absolute Gasteiger partial charge is 0.205 e. The van der Waals surface area contributed by atoms with Gasteiger partial charge in [-0.25, -0.2) is 4.98 Å². The molecule has 19 heavy (non-hydrogen) atoms. The van der Waals surface area contributed by atoms with Crippen molar-refractivity contribution < 1.29 is 0 Å². The second-order valence-corrected chi connectivity index (χ2v) is 5.95. The Labute approximate surface area is 121 Å². The summed E-state index contributed by atoms with van der Waals surface area (Å²) in [6.07, 6.45) is 3.94. The molecule has 0 aromatic carbocycles. The average molecular weight is 295 g/mol. The zero-order valence-corrected chi connectivity index (χ0v) is 12.3. The number of hydrogen-bond donors (Lipinski definition) is 0. The molecule has 3 heterocycles. The van der Waals surface area contributed by atoms with Gasteiger partial charge in [-0.05, 0) is 31.9 Å². The van der Waals surface area contributed by atoms with Gasteiger partial charge in [0.05, 0.1) is 5.02 Å². The lowest BCUT2D eigenvalue weighted by molar-refractivity contribution is 0.496. The van der Waals surface area contributed by atoms with E-state index in [0.29, 0.717) is 10.9 Å². The van der Waals surface area contributed by atoms with Crippen LogP contribution in [0.3, 0.4) is 0 Å². The van der Waals surface area contributed by atoms with Crippen LogP contribution in [0, 0.1) is 6.92 Å². The van der Waals surface area contributed by atoms with Crippen LogP contribution in [0.2, 0.25) is 5.02 Å². The second kappa shape index (κ2) is 5.43. The summed E-state index contributed by atoms with van der Waals surface area (Å²) in [5.74, 6) is 1.39. The van der Waals surface area contributed by atoms with Crippen molar-refractivity contribution in [2.75, 3.05) is 18.0 Å². The highest BCUT2D eigenvalue weighted by atomic mass is 35.5. The van der Waals surface area contributed by atoms with Crippen molar-refractivity contribution in [1.82, 2.24) is 14.3 Å². The van der Waals surface area contributed by atoms with Crippen LogP contribution >= 0.6 is 23.1 Å². The molecule has 0 radical (unpaired) electrons. The maximum Gasteiger partial charge on any atom is 0.205 e. The third-order valence-electron chi connectivity index (χ3n) is 3.45. The Morgan fingerprint density at radius 3 is 2.68 bits per heavy atom. The van der Waals surface area contributed by atoms with Gasteiger partial charge in [0.15, 0.2) is 0 Å². The molecule has 0 unspecified atom stereocenters. The van der Waals surface area contributed by atoms with Gasteiger partial charge in [0, 0.05) is 42.4 Å². The fourth-order valence-electron chi connectivity index (χ4n) is 2.41. The quantitative estimate of drug-likeness (QED) is 0.852. The highest BCUT2D eigenvalue weighted by Gasteiger charge is 2.23. The molecular formula is C13H15ClN4S. The normalized spacial score (nSPS) is 16.8. The molecule has 0 N–H and O–H groups in total. The largest absolute Gasteiger partial charge is 0.347 e. The summed E-state index contributed by atoms with van der Waals surface area (Å²) in [6.45, 7) is 3.97. The number of nitrogens with zero attached hydrogens (tertiary/aromatic N) is 4. The number of piperidine rings is 1. The van der Waals surface area contributed by atoms with E-state index < -0.39 is 0 Å². The van der Waals surface area contributed by atoms with E-state index in [4.69, 9.17) is 11.6 Å². The molecule has 0 atom stereocenters. The Morgan fingerprint density at radius 2 is 2.11 bits per heavy atom. The fourth-order valence-corrected chi connectivity index (χ4v) is 3.25. The summed E-state index contributed by atoms with van der Waals surface area (Å²) < 4.78 is 4.24. The maximum atomic E-state index is 5.87. The lowest BCUT2D eigenvalue weighted by Gasteiger charge is -2.31. The average Bonchev–Trinajstić information content (AvgIpc) is 2.87. The van der Waals surface area contributed by atoms with Crippen molar-refractivity contribution in [2.45, 2.75) is 25.7 Å². The van der Waals surface area contributed by atoms with Crippen molar-refractivity contribution in [1.29, 1.82) is 0 Å². The first-order valence-corrected chi connectivity index (χ1v) is 7.54. The fraction of sp³-hybridized carbons (Fsp3) is 0.462. The van der Waals surface area contributed by atoms with Crippen molar-refractivity contribution in [2.24, 2.45) is 0 Å². The lowest BCUT2D eigenvalue weighted by atomic mass is 9.93. The number of rotatable bonds is 2. The number of anilines is 1. The van der Waals surface area contributed by atoms with E-state index in [0.717, 1.165) is 42.6 Å². The van der Waals surface area contributed by atoms with Gasteiger partial charge >= 0.3 is 0 Å². The minimum atomic E-state index is 0.530. The molecule has 1 aliphatic rings. The highest BCUT2D eigenvalue weighted by Crippen LogP contribution is 2.30. The molecule has 0 spiro atoms. The van der Waals surface area contributed by atoms with Crippen LogP contribution in [0.15, 0.2) is 18.3 Å². The minimum Gasteiger partial charge on any atom is -0.347 e. The molecule has 100 valence electrons. The molecule has 6 heteroatoms. The number of halogens is 1. The topological polar surface area (TPSA) is 41.9 Å². The van der Waals surface area contributed by atoms with Crippen LogP contribution in [0.25, 0.3) is 0 Å². The van der Waals surface area contributed by atoms with Gasteiger partial charge in [-0.2, -0.15) is 4.37 Å². The molecule has 0 saturated carbocycles. The van der Waals surface area contributed by atoms with Crippen LogP contribution in [-0.2, 0) is 0 Å². The SMILES string of the molecule is Cc1nsc(N2CCC(c3ccc(Cl)cn3)CC2)n1. The Morgan fingerprint density at radius 1 is 1.32 bits per heavy atom.